The predicted octanol–water partition coefficient (Wildman–Crippen LogP) is 4.21. The second-order valence-corrected chi connectivity index (χ2v) is 5.29. The summed E-state index contributed by atoms with van der Waals surface area (Å²) in [6.07, 6.45) is 4.43. The molecule has 0 aromatic heterocycles. The summed E-state index contributed by atoms with van der Waals surface area (Å²) in [5.74, 6) is 0.0712. The maximum Gasteiger partial charge on any atom is 0.193 e. The van der Waals surface area contributed by atoms with Gasteiger partial charge < -0.3 is 0 Å². The molecule has 0 bridgehead atoms. The number of carbonyl (C=O) groups is 1. The Kier molecular flexibility index (Phi) is 3.43. The van der Waals surface area contributed by atoms with E-state index in [1.165, 1.54) is 0 Å². The zero-order valence-electron chi connectivity index (χ0n) is 9.66. The van der Waals surface area contributed by atoms with E-state index < -0.39 is 0 Å². The van der Waals surface area contributed by atoms with Gasteiger partial charge in [-0.05, 0) is 35.0 Å². The number of carbonyl (C=O) groups excluding carboxylic acids is 1. The molecule has 0 spiro atoms. The van der Waals surface area contributed by atoms with Crippen molar-refractivity contribution in [2.24, 2.45) is 0 Å². The Morgan fingerprint density at radius 3 is 2.76 bits per heavy atom. The highest BCUT2D eigenvalue weighted by Crippen LogP contribution is 2.28. The number of rotatable bonds is 2. The number of hydrogen-bond donors (Lipinski definition) is 0. The molecule has 1 nitrogen and oxygen atoms in total. The first-order chi connectivity index (χ1) is 8.13. The summed E-state index contributed by atoms with van der Waals surface area (Å²) in [5.41, 5.74) is 3.62. The van der Waals surface area contributed by atoms with Gasteiger partial charge in [-0.3, -0.25) is 4.79 Å². The molecule has 0 aliphatic heterocycles. The Morgan fingerprint density at radius 2 is 2.12 bits per heavy atom. The quantitative estimate of drug-likeness (QED) is 0.797. The van der Waals surface area contributed by atoms with Crippen LogP contribution in [0.2, 0.25) is 0 Å². The first-order valence-corrected chi connectivity index (χ1v) is 6.24. The maximum absolute atomic E-state index is 12.3. The van der Waals surface area contributed by atoms with Gasteiger partial charge in [0.2, 0.25) is 0 Å². The van der Waals surface area contributed by atoms with Crippen molar-refractivity contribution in [3.8, 4) is 0 Å². The molecule has 0 amide bonds. The number of halogens is 1. The van der Waals surface area contributed by atoms with Gasteiger partial charge in [0.15, 0.2) is 5.78 Å². The lowest BCUT2D eigenvalue weighted by Gasteiger charge is -2.18. The van der Waals surface area contributed by atoms with Crippen molar-refractivity contribution in [1.82, 2.24) is 0 Å². The van der Waals surface area contributed by atoms with E-state index in [-0.39, 0.29) is 5.78 Å². The van der Waals surface area contributed by atoms with E-state index in [9.17, 15) is 4.79 Å². The molecule has 0 saturated heterocycles. The van der Waals surface area contributed by atoms with Crippen molar-refractivity contribution in [3.05, 3.63) is 69.8 Å². The fourth-order valence-electron chi connectivity index (χ4n) is 2.08. The molecule has 17 heavy (non-hydrogen) atoms. The minimum absolute atomic E-state index is 0.0712. The summed E-state index contributed by atoms with van der Waals surface area (Å²) in [6.45, 7) is 5.70. The third-order valence-corrected chi connectivity index (χ3v) is 3.04. The zero-order valence-corrected chi connectivity index (χ0v) is 11.3. The van der Waals surface area contributed by atoms with Gasteiger partial charge in [0.05, 0.1) is 0 Å². The Morgan fingerprint density at radius 1 is 1.41 bits per heavy atom. The SMILES string of the molecule is C=CC1=C(/C=C(\C)Br)Cc2ccccc2C1=O. The number of Topliss-reactive ketones (excluding diaryl/α,β-unsaturated/α-hetero) is 1. The lowest BCUT2D eigenvalue weighted by Crippen LogP contribution is -2.14. The minimum atomic E-state index is 0.0712. The lowest BCUT2D eigenvalue weighted by atomic mass is 9.85. The predicted molar refractivity (Wildman–Crippen MR) is 74.4 cm³/mol. The van der Waals surface area contributed by atoms with Gasteiger partial charge in [-0.15, -0.1) is 0 Å². The number of fused-ring (bicyclic) bond motifs is 1. The van der Waals surface area contributed by atoms with Crippen LogP contribution >= 0.6 is 15.9 Å². The Balaban J connectivity index is 2.57. The fraction of sp³-hybridized carbons (Fsp3) is 0.133. The van der Waals surface area contributed by atoms with Crippen molar-refractivity contribution in [2.45, 2.75) is 13.3 Å². The first-order valence-electron chi connectivity index (χ1n) is 5.45. The molecule has 1 aromatic rings. The van der Waals surface area contributed by atoms with Crippen LogP contribution in [-0.2, 0) is 6.42 Å². The van der Waals surface area contributed by atoms with E-state index in [1.54, 1.807) is 6.08 Å². The van der Waals surface area contributed by atoms with Gasteiger partial charge in [0.25, 0.3) is 0 Å². The van der Waals surface area contributed by atoms with Crippen molar-refractivity contribution in [1.29, 1.82) is 0 Å². The molecule has 86 valence electrons. The molecule has 0 heterocycles. The summed E-state index contributed by atoms with van der Waals surface area (Å²) in [4.78, 5) is 12.3. The second kappa shape index (κ2) is 4.84. The Labute approximate surface area is 110 Å². The molecule has 2 rings (SSSR count). The smallest absolute Gasteiger partial charge is 0.193 e. The van der Waals surface area contributed by atoms with Crippen LogP contribution in [0, 0.1) is 0 Å². The molecule has 0 fully saturated rings. The summed E-state index contributed by atoms with van der Waals surface area (Å²) in [7, 11) is 0. The van der Waals surface area contributed by atoms with E-state index in [0.717, 1.165) is 27.6 Å². The average Bonchev–Trinajstić information content (AvgIpc) is 2.29. The van der Waals surface area contributed by atoms with Gasteiger partial charge in [0.1, 0.15) is 0 Å². The standard InChI is InChI=1S/C15H13BrO/c1-3-13-12(8-10(2)16)9-11-6-4-5-7-14(11)15(13)17/h3-8H,1,9H2,2H3/b10-8+. The maximum atomic E-state index is 12.3. The zero-order chi connectivity index (χ0) is 12.4. The summed E-state index contributed by atoms with van der Waals surface area (Å²) in [6, 6.07) is 7.74. The first kappa shape index (κ1) is 12.1. The van der Waals surface area contributed by atoms with Crippen LogP contribution in [-0.4, -0.2) is 5.78 Å². The summed E-state index contributed by atoms with van der Waals surface area (Å²) < 4.78 is 1.01. The molecule has 0 radical (unpaired) electrons. The second-order valence-electron chi connectivity index (χ2n) is 4.04. The number of hydrogen-bond acceptors (Lipinski definition) is 1. The van der Waals surface area contributed by atoms with E-state index in [1.807, 2.05) is 37.3 Å². The highest BCUT2D eigenvalue weighted by atomic mass is 79.9. The van der Waals surface area contributed by atoms with Gasteiger partial charge >= 0.3 is 0 Å². The number of ketones is 1. The van der Waals surface area contributed by atoms with Crippen LogP contribution in [0.15, 0.2) is 58.6 Å². The van der Waals surface area contributed by atoms with E-state index in [0.29, 0.717) is 5.57 Å². The van der Waals surface area contributed by atoms with Crippen molar-refractivity contribution in [2.75, 3.05) is 0 Å². The van der Waals surface area contributed by atoms with Crippen molar-refractivity contribution < 1.29 is 4.79 Å². The minimum Gasteiger partial charge on any atom is -0.289 e. The summed E-state index contributed by atoms with van der Waals surface area (Å²) >= 11 is 3.41. The third kappa shape index (κ3) is 2.32. The fourth-order valence-corrected chi connectivity index (χ4v) is 2.36. The molecular formula is C15H13BrO. The summed E-state index contributed by atoms with van der Waals surface area (Å²) in [5, 5.41) is 0. The van der Waals surface area contributed by atoms with Gasteiger partial charge in [-0.1, -0.05) is 52.9 Å². The molecule has 1 aliphatic carbocycles. The monoisotopic (exact) mass is 288 g/mol. The molecule has 0 saturated carbocycles. The number of benzene rings is 1. The Hall–Kier alpha value is -1.41. The Bertz CT molecular complexity index is 546. The van der Waals surface area contributed by atoms with E-state index >= 15 is 0 Å². The molecule has 1 aromatic carbocycles. The van der Waals surface area contributed by atoms with Crippen LogP contribution in [0.4, 0.5) is 0 Å². The normalized spacial score (nSPS) is 15.9. The highest BCUT2D eigenvalue weighted by molar-refractivity contribution is 9.11. The molecular weight excluding hydrogens is 276 g/mol. The highest BCUT2D eigenvalue weighted by Gasteiger charge is 2.22. The van der Waals surface area contributed by atoms with Crippen LogP contribution in [0.5, 0.6) is 0 Å². The largest absolute Gasteiger partial charge is 0.289 e. The molecule has 0 N–H and O–H groups in total. The third-order valence-electron chi connectivity index (χ3n) is 2.81. The van der Waals surface area contributed by atoms with Crippen LogP contribution < -0.4 is 0 Å². The average molecular weight is 289 g/mol. The molecule has 1 aliphatic rings. The van der Waals surface area contributed by atoms with Gasteiger partial charge in [-0.25, -0.2) is 0 Å². The van der Waals surface area contributed by atoms with Crippen molar-refractivity contribution in [3.63, 3.8) is 0 Å². The van der Waals surface area contributed by atoms with E-state index in [2.05, 4.69) is 22.5 Å². The van der Waals surface area contributed by atoms with E-state index in [4.69, 9.17) is 0 Å². The molecule has 0 atom stereocenters. The van der Waals surface area contributed by atoms with Crippen LogP contribution in [0.1, 0.15) is 22.8 Å². The van der Waals surface area contributed by atoms with Gasteiger partial charge in [-0.2, -0.15) is 0 Å². The molecule has 2 heteroatoms. The topological polar surface area (TPSA) is 17.1 Å². The van der Waals surface area contributed by atoms with Crippen LogP contribution in [0.25, 0.3) is 0 Å². The number of allylic oxidation sites excluding steroid dienone is 5. The van der Waals surface area contributed by atoms with Crippen LogP contribution in [0.3, 0.4) is 0 Å². The van der Waals surface area contributed by atoms with Gasteiger partial charge in [0, 0.05) is 11.1 Å². The molecule has 0 unspecified atom stereocenters. The van der Waals surface area contributed by atoms with Crippen molar-refractivity contribution >= 4 is 21.7 Å². The lowest BCUT2D eigenvalue weighted by molar-refractivity contribution is 0.103.